The van der Waals surface area contributed by atoms with E-state index < -0.39 is 0 Å². The van der Waals surface area contributed by atoms with Gasteiger partial charge >= 0.3 is 0 Å². The average Bonchev–Trinajstić information content (AvgIpc) is 2.88. The molecule has 0 aliphatic carbocycles. The Balaban J connectivity index is 2.20. The van der Waals surface area contributed by atoms with Crippen LogP contribution in [-0.2, 0) is 4.74 Å². The minimum absolute atomic E-state index is 0.191. The van der Waals surface area contributed by atoms with Crippen LogP contribution in [0.4, 0.5) is 5.95 Å². The van der Waals surface area contributed by atoms with Crippen molar-refractivity contribution >= 4 is 5.95 Å². The van der Waals surface area contributed by atoms with Crippen molar-refractivity contribution in [2.24, 2.45) is 0 Å². The first-order valence-electron chi connectivity index (χ1n) is 6.76. The lowest BCUT2D eigenvalue weighted by molar-refractivity contribution is 0.190. The summed E-state index contributed by atoms with van der Waals surface area (Å²) < 4.78 is 12.7. The summed E-state index contributed by atoms with van der Waals surface area (Å²) in [6, 6.07) is 8.14. The van der Waals surface area contributed by atoms with E-state index in [4.69, 9.17) is 9.47 Å². The highest BCUT2D eigenvalue weighted by Crippen LogP contribution is 2.20. The number of aromatic nitrogens is 2. The Labute approximate surface area is 119 Å². The van der Waals surface area contributed by atoms with Gasteiger partial charge in [-0.1, -0.05) is 6.07 Å². The van der Waals surface area contributed by atoms with E-state index in [1.54, 1.807) is 13.3 Å². The van der Waals surface area contributed by atoms with Crippen LogP contribution in [0.1, 0.15) is 13.8 Å². The Hall–Kier alpha value is -2.01. The van der Waals surface area contributed by atoms with Gasteiger partial charge < -0.3 is 14.8 Å². The summed E-state index contributed by atoms with van der Waals surface area (Å²) in [5, 5.41) is 3.33. The van der Waals surface area contributed by atoms with Crippen molar-refractivity contribution < 1.29 is 9.47 Å². The number of nitrogens with zero attached hydrogens (tertiary/aromatic N) is 2. The monoisotopic (exact) mass is 275 g/mol. The maximum atomic E-state index is 5.53. The van der Waals surface area contributed by atoms with Crippen LogP contribution in [0.5, 0.6) is 5.75 Å². The lowest BCUT2D eigenvalue weighted by Crippen LogP contribution is -2.22. The third-order valence-electron chi connectivity index (χ3n) is 2.84. The summed E-state index contributed by atoms with van der Waals surface area (Å²) in [6.45, 7) is 5.32. The summed E-state index contributed by atoms with van der Waals surface area (Å²) in [7, 11) is 1.69. The van der Waals surface area contributed by atoms with Gasteiger partial charge in [-0.25, -0.2) is 4.98 Å². The number of nitrogens with one attached hydrogen (secondary N) is 1. The van der Waals surface area contributed by atoms with Gasteiger partial charge in [0.05, 0.1) is 18.9 Å². The summed E-state index contributed by atoms with van der Waals surface area (Å²) in [5.74, 6) is 1.65. The number of hydrogen-bond donors (Lipinski definition) is 1. The SMILES string of the molecule is CCOc1cccc(-n2ccnc2NC(C)COC)c1. The first-order valence-corrected chi connectivity index (χ1v) is 6.76. The maximum Gasteiger partial charge on any atom is 0.207 e. The van der Waals surface area contributed by atoms with Gasteiger partial charge in [0.25, 0.3) is 0 Å². The fraction of sp³-hybridized carbons (Fsp3) is 0.400. The third-order valence-corrected chi connectivity index (χ3v) is 2.84. The van der Waals surface area contributed by atoms with Crippen molar-refractivity contribution in [3.8, 4) is 11.4 Å². The van der Waals surface area contributed by atoms with Crippen molar-refractivity contribution in [3.05, 3.63) is 36.7 Å². The molecule has 0 aliphatic rings. The molecule has 0 fully saturated rings. The van der Waals surface area contributed by atoms with Crippen LogP contribution in [-0.4, -0.2) is 35.9 Å². The van der Waals surface area contributed by atoms with Gasteiger partial charge in [-0.15, -0.1) is 0 Å². The van der Waals surface area contributed by atoms with Gasteiger partial charge in [0, 0.05) is 31.6 Å². The molecule has 0 amide bonds. The average molecular weight is 275 g/mol. The molecule has 0 aliphatic heterocycles. The Morgan fingerprint density at radius 3 is 3.00 bits per heavy atom. The predicted molar refractivity (Wildman–Crippen MR) is 79.7 cm³/mol. The number of rotatable bonds is 7. The molecule has 5 nitrogen and oxygen atoms in total. The molecule has 0 saturated heterocycles. The largest absolute Gasteiger partial charge is 0.494 e. The van der Waals surface area contributed by atoms with Gasteiger partial charge in [0.2, 0.25) is 5.95 Å². The second-order valence-electron chi connectivity index (χ2n) is 4.55. The van der Waals surface area contributed by atoms with Gasteiger partial charge in [0.1, 0.15) is 5.75 Å². The van der Waals surface area contributed by atoms with Crippen LogP contribution in [0.15, 0.2) is 36.7 Å². The molecule has 1 aromatic carbocycles. The van der Waals surface area contributed by atoms with E-state index in [1.807, 2.05) is 42.0 Å². The smallest absolute Gasteiger partial charge is 0.207 e. The van der Waals surface area contributed by atoms with Crippen molar-refractivity contribution in [3.63, 3.8) is 0 Å². The molecule has 0 bridgehead atoms. The Bertz CT molecular complexity index is 539. The van der Waals surface area contributed by atoms with Gasteiger partial charge in [-0.2, -0.15) is 0 Å². The molecule has 1 atom stereocenters. The number of anilines is 1. The number of ether oxygens (including phenoxy) is 2. The third kappa shape index (κ3) is 3.51. The first kappa shape index (κ1) is 14.4. The topological polar surface area (TPSA) is 48.3 Å². The lowest BCUT2D eigenvalue weighted by Gasteiger charge is -2.15. The number of imidazole rings is 1. The minimum Gasteiger partial charge on any atom is -0.494 e. The molecule has 1 N–H and O–H groups in total. The quantitative estimate of drug-likeness (QED) is 0.844. The van der Waals surface area contributed by atoms with Gasteiger partial charge in [-0.05, 0) is 26.0 Å². The highest BCUT2D eigenvalue weighted by atomic mass is 16.5. The molecule has 108 valence electrons. The standard InChI is InChI=1S/C15H21N3O2/c1-4-20-14-7-5-6-13(10-14)18-9-8-16-15(18)17-12(2)11-19-3/h5-10,12H,4,11H2,1-3H3,(H,16,17). The molecule has 0 radical (unpaired) electrons. The summed E-state index contributed by atoms with van der Waals surface area (Å²) in [4.78, 5) is 4.35. The van der Waals surface area contributed by atoms with E-state index in [2.05, 4.69) is 17.2 Å². The van der Waals surface area contributed by atoms with Crippen molar-refractivity contribution in [2.45, 2.75) is 19.9 Å². The highest BCUT2D eigenvalue weighted by Gasteiger charge is 2.09. The molecular formula is C15H21N3O2. The second kappa shape index (κ2) is 6.96. The summed E-state index contributed by atoms with van der Waals surface area (Å²) in [6.07, 6.45) is 3.70. The van der Waals surface area contributed by atoms with E-state index in [0.29, 0.717) is 13.2 Å². The minimum atomic E-state index is 0.191. The van der Waals surface area contributed by atoms with Crippen LogP contribution in [0.25, 0.3) is 5.69 Å². The fourth-order valence-corrected chi connectivity index (χ4v) is 2.02. The second-order valence-corrected chi connectivity index (χ2v) is 4.55. The normalized spacial score (nSPS) is 12.2. The molecule has 1 aromatic heterocycles. The fourth-order valence-electron chi connectivity index (χ4n) is 2.02. The van der Waals surface area contributed by atoms with Gasteiger partial charge in [-0.3, -0.25) is 4.57 Å². The molecule has 2 aromatic rings. The van der Waals surface area contributed by atoms with E-state index in [0.717, 1.165) is 17.4 Å². The molecule has 1 unspecified atom stereocenters. The van der Waals surface area contributed by atoms with Crippen molar-refractivity contribution in [1.82, 2.24) is 9.55 Å². The molecule has 5 heteroatoms. The highest BCUT2D eigenvalue weighted by molar-refractivity contribution is 5.45. The van der Waals surface area contributed by atoms with Crippen LogP contribution >= 0.6 is 0 Å². The van der Waals surface area contributed by atoms with E-state index in [9.17, 15) is 0 Å². The lowest BCUT2D eigenvalue weighted by atomic mass is 10.3. The van der Waals surface area contributed by atoms with Crippen LogP contribution in [0, 0.1) is 0 Å². The summed E-state index contributed by atoms with van der Waals surface area (Å²) in [5.41, 5.74) is 1.01. The van der Waals surface area contributed by atoms with Crippen LogP contribution in [0.2, 0.25) is 0 Å². The van der Waals surface area contributed by atoms with E-state index >= 15 is 0 Å². The van der Waals surface area contributed by atoms with E-state index in [1.165, 1.54) is 0 Å². The van der Waals surface area contributed by atoms with E-state index in [-0.39, 0.29) is 6.04 Å². The molecule has 1 heterocycles. The van der Waals surface area contributed by atoms with Gasteiger partial charge in [0.15, 0.2) is 0 Å². The molecule has 20 heavy (non-hydrogen) atoms. The number of hydrogen-bond acceptors (Lipinski definition) is 4. The number of methoxy groups -OCH3 is 1. The zero-order valence-electron chi connectivity index (χ0n) is 12.2. The van der Waals surface area contributed by atoms with Crippen LogP contribution < -0.4 is 10.1 Å². The Morgan fingerprint density at radius 2 is 2.25 bits per heavy atom. The summed E-state index contributed by atoms with van der Waals surface area (Å²) >= 11 is 0. The van der Waals surface area contributed by atoms with Crippen LogP contribution in [0.3, 0.4) is 0 Å². The Kier molecular flexibility index (Phi) is 5.01. The molecule has 2 rings (SSSR count). The van der Waals surface area contributed by atoms with Crippen molar-refractivity contribution in [1.29, 1.82) is 0 Å². The zero-order valence-corrected chi connectivity index (χ0v) is 12.2. The van der Waals surface area contributed by atoms with Crippen molar-refractivity contribution in [2.75, 3.05) is 25.6 Å². The predicted octanol–water partition coefficient (Wildman–Crippen LogP) is 2.72. The maximum absolute atomic E-state index is 5.53. The molecule has 0 saturated carbocycles. The molecular weight excluding hydrogens is 254 g/mol. The first-order chi connectivity index (χ1) is 9.74. The Morgan fingerprint density at radius 1 is 1.40 bits per heavy atom. The molecule has 0 spiro atoms. The zero-order chi connectivity index (χ0) is 14.4. The number of benzene rings is 1.